The Labute approximate surface area is 162 Å². The van der Waals surface area contributed by atoms with Gasteiger partial charge in [-0.3, -0.25) is 9.36 Å². The zero-order chi connectivity index (χ0) is 19.1. The molecule has 0 spiro atoms. The van der Waals surface area contributed by atoms with Crippen LogP contribution >= 0.6 is 11.8 Å². The van der Waals surface area contributed by atoms with Crippen LogP contribution in [0.15, 0.2) is 34.2 Å². The fourth-order valence-corrected chi connectivity index (χ4v) is 3.81. The first-order valence-electron chi connectivity index (χ1n) is 9.09. The number of carbonyl (C=O) groups excluding carboxylic acids is 1. The number of nitrogens with zero attached hydrogens (tertiary/aromatic N) is 3. The number of aromatic nitrogens is 3. The van der Waals surface area contributed by atoms with Gasteiger partial charge in [0.15, 0.2) is 5.16 Å². The number of H-pyrrole nitrogens is 1. The number of anilines is 2. The van der Waals surface area contributed by atoms with Crippen molar-refractivity contribution in [2.75, 3.05) is 42.8 Å². The van der Waals surface area contributed by atoms with Gasteiger partial charge in [-0.25, -0.2) is 9.89 Å². The molecule has 146 valence electrons. The summed E-state index contributed by atoms with van der Waals surface area (Å²) in [7, 11) is 1.62. The molecule has 1 fully saturated rings. The Bertz CT molecular complexity index is 796. The van der Waals surface area contributed by atoms with Crippen LogP contribution in [0.25, 0.3) is 0 Å². The van der Waals surface area contributed by atoms with Gasteiger partial charge >= 0.3 is 5.69 Å². The Morgan fingerprint density at radius 1 is 1.30 bits per heavy atom. The van der Waals surface area contributed by atoms with E-state index in [-0.39, 0.29) is 17.3 Å². The maximum atomic E-state index is 12.2. The summed E-state index contributed by atoms with van der Waals surface area (Å²) < 4.78 is 6.53. The van der Waals surface area contributed by atoms with Gasteiger partial charge in [0.2, 0.25) is 5.91 Å². The maximum absolute atomic E-state index is 12.2. The molecule has 2 heterocycles. The molecule has 1 saturated heterocycles. The van der Waals surface area contributed by atoms with E-state index in [9.17, 15) is 9.59 Å². The molecule has 8 nitrogen and oxygen atoms in total. The standard InChI is InChI=1S/C18H25N5O3S/c1-26-12-4-11-23-17(25)20-21-18(23)27-13-16(24)19-14-5-7-15(8-6-14)22-9-2-3-10-22/h5-8H,2-4,9-13H2,1H3,(H,19,24)(H,20,25). The van der Waals surface area contributed by atoms with Gasteiger partial charge in [-0.1, -0.05) is 11.8 Å². The highest BCUT2D eigenvalue weighted by atomic mass is 32.2. The molecule has 0 radical (unpaired) electrons. The highest BCUT2D eigenvalue weighted by Crippen LogP contribution is 2.22. The van der Waals surface area contributed by atoms with Gasteiger partial charge in [-0.15, -0.1) is 5.10 Å². The van der Waals surface area contributed by atoms with Gasteiger partial charge in [0, 0.05) is 44.7 Å². The smallest absolute Gasteiger partial charge is 0.343 e. The SMILES string of the molecule is COCCCn1c(SCC(=O)Nc2ccc(N3CCCC3)cc2)n[nH]c1=O. The molecular weight excluding hydrogens is 366 g/mol. The minimum atomic E-state index is -0.272. The molecule has 0 atom stereocenters. The van der Waals surface area contributed by atoms with Crippen molar-refractivity contribution < 1.29 is 9.53 Å². The molecule has 1 aliphatic rings. The summed E-state index contributed by atoms with van der Waals surface area (Å²) in [6.45, 7) is 3.26. The highest BCUT2D eigenvalue weighted by Gasteiger charge is 2.13. The van der Waals surface area contributed by atoms with Gasteiger partial charge in [0.25, 0.3) is 0 Å². The average Bonchev–Trinajstić information content (AvgIpc) is 3.32. The highest BCUT2D eigenvalue weighted by molar-refractivity contribution is 7.99. The van der Waals surface area contributed by atoms with Crippen LogP contribution in [-0.4, -0.2) is 53.2 Å². The van der Waals surface area contributed by atoms with Crippen LogP contribution in [-0.2, 0) is 16.1 Å². The van der Waals surface area contributed by atoms with Crippen molar-refractivity contribution in [3.63, 3.8) is 0 Å². The molecule has 1 aromatic heterocycles. The van der Waals surface area contributed by atoms with Crippen molar-refractivity contribution in [2.24, 2.45) is 0 Å². The zero-order valence-electron chi connectivity index (χ0n) is 15.4. The molecule has 0 saturated carbocycles. The summed E-state index contributed by atoms with van der Waals surface area (Å²) in [6, 6.07) is 7.92. The Balaban J connectivity index is 1.50. The summed E-state index contributed by atoms with van der Waals surface area (Å²) in [5.41, 5.74) is 1.69. The maximum Gasteiger partial charge on any atom is 0.343 e. The summed E-state index contributed by atoms with van der Waals surface area (Å²) in [6.07, 6.45) is 3.18. The van der Waals surface area contributed by atoms with E-state index in [1.807, 2.05) is 24.3 Å². The number of rotatable bonds is 9. The number of hydrogen-bond donors (Lipinski definition) is 2. The van der Waals surface area contributed by atoms with Crippen LogP contribution in [0.5, 0.6) is 0 Å². The molecule has 2 aromatic rings. The fourth-order valence-electron chi connectivity index (χ4n) is 3.04. The zero-order valence-corrected chi connectivity index (χ0v) is 16.3. The number of carbonyl (C=O) groups is 1. The van der Waals surface area contributed by atoms with Crippen LogP contribution in [0.4, 0.5) is 11.4 Å². The lowest BCUT2D eigenvalue weighted by atomic mass is 10.2. The van der Waals surface area contributed by atoms with E-state index in [1.54, 1.807) is 7.11 Å². The minimum Gasteiger partial charge on any atom is -0.385 e. The number of thioether (sulfide) groups is 1. The molecule has 9 heteroatoms. The summed E-state index contributed by atoms with van der Waals surface area (Å²) in [5, 5.41) is 9.82. The van der Waals surface area contributed by atoms with Gasteiger partial charge in [0.1, 0.15) is 0 Å². The largest absolute Gasteiger partial charge is 0.385 e. The van der Waals surface area contributed by atoms with Gasteiger partial charge in [-0.2, -0.15) is 0 Å². The molecular formula is C18H25N5O3S. The molecule has 1 aromatic carbocycles. The first-order chi connectivity index (χ1) is 13.2. The van der Waals surface area contributed by atoms with Crippen LogP contribution in [0, 0.1) is 0 Å². The second-order valence-electron chi connectivity index (χ2n) is 6.39. The fraction of sp³-hybridized carbons (Fsp3) is 0.500. The van der Waals surface area contributed by atoms with Gasteiger partial charge in [0.05, 0.1) is 5.75 Å². The first-order valence-corrected chi connectivity index (χ1v) is 10.1. The normalized spacial score (nSPS) is 13.9. The van der Waals surface area contributed by atoms with Crippen LogP contribution in [0.3, 0.4) is 0 Å². The molecule has 0 aliphatic carbocycles. The predicted molar refractivity (Wildman–Crippen MR) is 107 cm³/mol. The van der Waals surface area contributed by atoms with Crippen molar-refractivity contribution in [3.8, 4) is 0 Å². The van der Waals surface area contributed by atoms with Crippen molar-refractivity contribution >= 4 is 29.0 Å². The number of hydrogen-bond acceptors (Lipinski definition) is 6. The second kappa shape index (κ2) is 9.61. The Hall–Kier alpha value is -2.26. The van der Waals surface area contributed by atoms with Crippen LogP contribution in [0.2, 0.25) is 0 Å². The lowest BCUT2D eigenvalue weighted by molar-refractivity contribution is -0.113. The lowest BCUT2D eigenvalue weighted by Gasteiger charge is -2.17. The van der Waals surface area contributed by atoms with Crippen LogP contribution in [0.1, 0.15) is 19.3 Å². The van der Waals surface area contributed by atoms with Crippen molar-refractivity contribution in [1.29, 1.82) is 0 Å². The number of aromatic amines is 1. The Morgan fingerprint density at radius 3 is 2.74 bits per heavy atom. The van der Waals surface area contributed by atoms with E-state index in [4.69, 9.17) is 4.74 Å². The lowest BCUT2D eigenvalue weighted by Crippen LogP contribution is -2.19. The van der Waals surface area contributed by atoms with Crippen molar-refractivity contribution in [2.45, 2.75) is 31.0 Å². The van der Waals surface area contributed by atoms with E-state index in [0.29, 0.717) is 24.7 Å². The van der Waals surface area contributed by atoms with Crippen LogP contribution < -0.4 is 15.9 Å². The van der Waals surface area contributed by atoms with Crippen molar-refractivity contribution in [3.05, 3.63) is 34.7 Å². The quantitative estimate of drug-likeness (QED) is 0.501. The number of amides is 1. The van der Waals surface area contributed by atoms with E-state index >= 15 is 0 Å². The Morgan fingerprint density at radius 2 is 2.04 bits per heavy atom. The number of nitrogens with one attached hydrogen (secondary N) is 2. The minimum absolute atomic E-state index is 0.132. The number of methoxy groups -OCH3 is 1. The molecule has 27 heavy (non-hydrogen) atoms. The number of ether oxygens (including phenoxy) is 1. The Kier molecular flexibility index (Phi) is 6.94. The second-order valence-corrected chi connectivity index (χ2v) is 7.33. The third-order valence-electron chi connectivity index (χ3n) is 4.41. The molecule has 1 aliphatic heterocycles. The van der Waals surface area contributed by atoms with Gasteiger partial charge < -0.3 is 15.0 Å². The average molecular weight is 391 g/mol. The van der Waals surface area contributed by atoms with E-state index in [2.05, 4.69) is 20.4 Å². The topological polar surface area (TPSA) is 92.2 Å². The van der Waals surface area contributed by atoms with E-state index in [0.717, 1.165) is 18.8 Å². The summed E-state index contributed by atoms with van der Waals surface area (Å²) in [5.74, 6) is 0.0513. The molecule has 0 bridgehead atoms. The molecule has 2 N–H and O–H groups in total. The first kappa shape index (κ1) is 19.5. The predicted octanol–water partition coefficient (Wildman–Crippen LogP) is 1.94. The third-order valence-corrected chi connectivity index (χ3v) is 5.38. The van der Waals surface area contributed by atoms with Crippen molar-refractivity contribution in [1.82, 2.24) is 14.8 Å². The van der Waals surface area contributed by atoms with Gasteiger partial charge in [-0.05, 0) is 43.5 Å². The monoisotopic (exact) mass is 391 g/mol. The molecule has 0 unspecified atom stereocenters. The number of benzene rings is 1. The summed E-state index contributed by atoms with van der Waals surface area (Å²) >= 11 is 1.24. The third kappa shape index (κ3) is 5.36. The molecule has 1 amide bonds. The summed E-state index contributed by atoms with van der Waals surface area (Å²) in [4.78, 5) is 26.4. The molecule has 3 rings (SSSR count). The van der Waals surface area contributed by atoms with E-state index < -0.39 is 0 Å². The van der Waals surface area contributed by atoms with E-state index in [1.165, 1.54) is 34.9 Å².